The second-order valence-corrected chi connectivity index (χ2v) is 15.1. The lowest BCUT2D eigenvalue weighted by Crippen LogP contribution is -2.29. The van der Waals surface area contributed by atoms with E-state index in [1.807, 2.05) is 0 Å². The second kappa shape index (κ2) is 11.5. The summed E-state index contributed by atoms with van der Waals surface area (Å²) in [5.74, 6) is 0. The third-order valence-corrected chi connectivity index (χ3v) is 11.8. The smallest absolute Gasteiger partial charge is 0.0372 e. The molecule has 6 aromatic rings. The quantitative estimate of drug-likeness (QED) is 0.180. The number of hydrogen-bond donors (Lipinski definition) is 0. The lowest BCUT2D eigenvalue weighted by Gasteiger charge is -2.31. The topological polar surface area (TPSA) is 6.48 Å². The lowest BCUT2D eigenvalue weighted by atomic mass is 9.80. The molecule has 9 rings (SSSR count). The van der Waals surface area contributed by atoms with E-state index in [2.05, 4.69) is 134 Å². The maximum absolute atomic E-state index is 2.62. The van der Waals surface area contributed by atoms with Crippen LogP contribution in [0.4, 0.5) is 11.4 Å². The molecular formula is C46H46N2. The molecule has 0 radical (unpaired) electrons. The van der Waals surface area contributed by atoms with Crippen LogP contribution in [0.25, 0.3) is 54.9 Å². The van der Waals surface area contributed by atoms with Crippen LogP contribution in [0.3, 0.4) is 0 Å². The van der Waals surface area contributed by atoms with Gasteiger partial charge in [0.2, 0.25) is 0 Å². The third-order valence-electron chi connectivity index (χ3n) is 11.8. The number of piperidine rings is 2. The van der Waals surface area contributed by atoms with E-state index in [1.54, 1.807) is 0 Å². The summed E-state index contributed by atoms with van der Waals surface area (Å²) in [7, 11) is 0. The minimum Gasteiger partial charge on any atom is -0.372 e. The molecule has 1 aliphatic carbocycles. The molecule has 2 heterocycles. The number of fused-ring (bicyclic) bond motifs is 5. The largest absolute Gasteiger partial charge is 0.372 e. The number of rotatable bonds is 4. The first kappa shape index (κ1) is 29.6. The predicted octanol–water partition coefficient (Wildman–Crippen LogP) is 11.9. The highest BCUT2D eigenvalue weighted by molar-refractivity contribution is 6.22. The van der Waals surface area contributed by atoms with Crippen molar-refractivity contribution < 1.29 is 0 Å². The minimum absolute atomic E-state index is 0.0466. The van der Waals surface area contributed by atoms with Crippen LogP contribution in [-0.4, -0.2) is 26.2 Å². The Morgan fingerprint density at radius 1 is 0.458 bits per heavy atom. The van der Waals surface area contributed by atoms with Crippen molar-refractivity contribution in [2.75, 3.05) is 36.0 Å². The van der Waals surface area contributed by atoms with Crippen molar-refractivity contribution in [2.24, 2.45) is 0 Å². The van der Waals surface area contributed by atoms with Gasteiger partial charge in [-0.3, -0.25) is 0 Å². The van der Waals surface area contributed by atoms with Crippen molar-refractivity contribution in [1.82, 2.24) is 0 Å². The SMILES string of the molecule is Cc1ccccc1-c1c2ccc(N3CCCCC3)cc2c(-c2ccc3c(c2)C(C)(C)c2ccccc2-3)c2ccc(N3CCCCC3)cc12. The van der Waals surface area contributed by atoms with Crippen LogP contribution >= 0.6 is 0 Å². The summed E-state index contributed by atoms with van der Waals surface area (Å²) in [4.78, 5) is 5.23. The first-order chi connectivity index (χ1) is 23.5. The van der Waals surface area contributed by atoms with E-state index in [0.29, 0.717) is 0 Å². The van der Waals surface area contributed by atoms with Gasteiger partial charge in [-0.25, -0.2) is 0 Å². The molecule has 0 saturated carbocycles. The zero-order valence-corrected chi connectivity index (χ0v) is 28.8. The molecule has 0 bridgehead atoms. The Morgan fingerprint density at radius 3 is 1.65 bits per heavy atom. The van der Waals surface area contributed by atoms with Crippen LogP contribution < -0.4 is 9.80 Å². The summed E-state index contributed by atoms with van der Waals surface area (Å²) in [5, 5.41) is 5.43. The van der Waals surface area contributed by atoms with Gasteiger partial charge in [-0.05, 0) is 147 Å². The number of anilines is 2. The fourth-order valence-electron chi connectivity index (χ4n) is 9.22. The molecule has 2 aliphatic heterocycles. The highest BCUT2D eigenvalue weighted by Gasteiger charge is 2.35. The second-order valence-electron chi connectivity index (χ2n) is 15.1. The Labute approximate surface area is 286 Å². The molecular weight excluding hydrogens is 581 g/mol. The standard InChI is InChI=1S/C46H46N2/c1-31-14-6-7-15-35(31)45-39-23-20-33(47-24-10-4-11-25-47)29-40(39)44(38-22-19-34(30-41(38)45)48-26-12-5-13-27-48)32-18-21-37-36-16-8-9-17-42(36)46(2,3)43(37)28-32/h6-9,14-23,28-30H,4-5,10-13,24-27H2,1-3H3. The molecule has 3 aliphatic rings. The summed E-state index contributed by atoms with van der Waals surface area (Å²) < 4.78 is 0. The molecule has 240 valence electrons. The van der Waals surface area contributed by atoms with Crippen LogP contribution in [-0.2, 0) is 5.41 Å². The Hall–Kier alpha value is -4.56. The van der Waals surface area contributed by atoms with E-state index in [-0.39, 0.29) is 5.41 Å². The maximum Gasteiger partial charge on any atom is 0.0372 e. The molecule has 0 N–H and O–H groups in total. The van der Waals surface area contributed by atoms with Crippen molar-refractivity contribution in [3.05, 3.63) is 120 Å². The zero-order chi connectivity index (χ0) is 32.4. The minimum atomic E-state index is -0.0466. The van der Waals surface area contributed by atoms with E-state index in [1.165, 1.54) is 122 Å². The molecule has 0 spiro atoms. The fraction of sp³-hybridized carbons (Fsp3) is 0.304. The molecule has 2 heteroatoms. The predicted molar refractivity (Wildman–Crippen MR) is 207 cm³/mol. The Morgan fingerprint density at radius 2 is 1.00 bits per heavy atom. The molecule has 0 aromatic heterocycles. The Balaban J connectivity index is 1.36. The zero-order valence-electron chi connectivity index (χ0n) is 28.8. The van der Waals surface area contributed by atoms with Gasteiger partial charge < -0.3 is 9.80 Å². The molecule has 6 aromatic carbocycles. The van der Waals surface area contributed by atoms with Crippen LogP contribution in [0.15, 0.2) is 103 Å². The summed E-state index contributed by atoms with van der Waals surface area (Å²) in [6.07, 6.45) is 7.78. The van der Waals surface area contributed by atoms with E-state index in [0.717, 1.165) is 26.2 Å². The van der Waals surface area contributed by atoms with E-state index in [9.17, 15) is 0 Å². The van der Waals surface area contributed by atoms with Crippen molar-refractivity contribution >= 4 is 32.9 Å². The molecule has 2 saturated heterocycles. The average molecular weight is 627 g/mol. The van der Waals surface area contributed by atoms with Gasteiger partial charge in [0.25, 0.3) is 0 Å². The van der Waals surface area contributed by atoms with Crippen molar-refractivity contribution in [3.63, 3.8) is 0 Å². The van der Waals surface area contributed by atoms with Gasteiger partial charge in [-0.15, -0.1) is 0 Å². The van der Waals surface area contributed by atoms with Gasteiger partial charge in [-0.2, -0.15) is 0 Å². The highest BCUT2D eigenvalue weighted by atomic mass is 15.1. The number of benzene rings is 6. The van der Waals surface area contributed by atoms with Crippen molar-refractivity contribution in [1.29, 1.82) is 0 Å². The van der Waals surface area contributed by atoms with Crippen molar-refractivity contribution in [2.45, 2.75) is 64.7 Å². The lowest BCUT2D eigenvalue weighted by molar-refractivity contribution is 0.578. The van der Waals surface area contributed by atoms with Crippen molar-refractivity contribution in [3.8, 4) is 33.4 Å². The average Bonchev–Trinajstić information content (AvgIpc) is 3.37. The van der Waals surface area contributed by atoms with Gasteiger partial charge in [0.15, 0.2) is 0 Å². The fourth-order valence-corrected chi connectivity index (χ4v) is 9.22. The van der Waals surface area contributed by atoms with Crippen LogP contribution in [0, 0.1) is 6.92 Å². The normalized spacial score (nSPS) is 17.1. The molecule has 48 heavy (non-hydrogen) atoms. The Kier molecular flexibility index (Phi) is 7.11. The Bertz CT molecular complexity index is 2190. The summed E-state index contributed by atoms with van der Waals surface area (Å²) in [6, 6.07) is 40.1. The van der Waals surface area contributed by atoms with Gasteiger partial charge in [0.05, 0.1) is 0 Å². The summed E-state index contributed by atoms with van der Waals surface area (Å²) >= 11 is 0. The van der Waals surface area contributed by atoms with Gasteiger partial charge in [-0.1, -0.05) is 86.6 Å². The first-order valence-electron chi connectivity index (χ1n) is 18.3. The summed E-state index contributed by atoms with van der Waals surface area (Å²) in [6.45, 7) is 11.7. The van der Waals surface area contributed by atoms with Crippen LogP contribution in [0.5, 0.6) is 0 Å². The van der Waals surface area contributed by atoms with Crippen LogP contribution in [0.1, 0.15) is 69.1 Å². The summed E-state index contributed by atoms with van der Waals surface area (Å²) in [5.41, 5.74) is 15.0. The number of hydrogen-bond acceptors (Lipinski definition) is 2. The molecule has 0 unspecified atom stereocenters. The van der Waals surface area contributed by atoms with Gasteiger partial charge >= 0.3 is 0 Å². The van der Waals surface area contributed by atoms with Gasteiger partial charge in [0.1, 0.15) is 0 Å². The number of aryl methyl sites for hydroxylation is 1. The van der Waals surface area contributed by atoms with E-state index < -0.39 is 0 Å². The molecule has 0 atom stereocenters. The molecule has 0 amide bonds. The van der Waals surface area contributed by atoms with E-state index >= 15 is 0 Å². The highest BCUT2D eigenvalue weighted by Crippen LogP contribution is 2.52. The maximum atomic E-state index is 2.62. The molecule has 2 nitrogen and oxygen atoms in total. The van der Waals surface area contributed by atoms with Crippen LogP contribution in [0.2, 0.25) is 0 Å². The molecule has 2 fully saturated rings. The van der Waals surface area contributed by atoms with E-state index in [4.69, 9.17) is 0 Å². The monoisotopic (exact) mass is 626 g/mol. The third kappa shape index (κ3) is 4.67. The first-order valence-corrected chi connectivity index (χ1v) is 18.3. The number of nitrogens with zero attached hydrogens (tertiary/aromatic N) is 2. The van der Waals surface area contributed by atoms with Gasteiger partial charge in [0, 0.05) is 43.0 Å².